The molecule has 74 valence electrons. The third-order valence-electron chi connectivity index (χ3n) is 2.37. The molecule has 0 rings (SSSR count). The van der Waals surface area contributed by atoms with Gasteiger partial charge in [-0.15, -0.1) is 0 Å². The third-order valence-corrected chi connectivity index (χ3v) is 2.37. The molecule has 0 bridgehead atoms. The number of nitrogens with two attached hydrogens (primary N) is 1. The zero-order chi connectivity index (χ0) is 9.40. The molecule has 2 N–H and O–H groups in total. The summed E-state index contributed by atoms with van der Waals surface area (Å²) in [5.74, 6) is 0. The second-order valence-electron chi connectivity index (χ2n) is 3.69. The predicted octanol–water partition coefficient (Wildman–Crippen LogP) is 1.85. The number of nitrogens with zero attached hydrogens (tertiary/aromatic N) is 1. The molecule has 0 aliphatic heterocycles. The van der Waals surface area contributed by atoms with Crippen LogP contribution in [0, 0.1) is 0 Å². The summed E-state index contributed by atoms with van der Waals surface area (Å²) in [6.07, 6.45) is 6.45. The van der Waals surface area contributed by atoms with Crippen molar-refractivity contribution < 1.29 is 0 Å². The maximum atomic E-state index is 5.54. The first kappa shape index (κ1) is 11.9. The van der Waals surface area contributed by atoms with E-state index in [9.17, 15) is 0 Å². The smallest absolute Gasteiger partial charge is 0.0101 e. The average molecular weight is 172 g/mol. The van der Waals surface area contributed by atoms with Crippen LogP contribution in [0.3, 0.4) is 0 Å². The number of hydrogen-bond donors (Lipinski definition) is 1. The Kier molecular flexibility index (Phi) is 7.51. The Labute approximate surface area is 77.1 Å². The quantitative estimate of drug-likeness (QED) is 0.594. The van der Waals surface area contributed by atoms with E-state index in [2.05, 4.69) is 25.9 Å². The van der Waals surface area contributed by atoms with Crippen LogP contribution >= 0.6 is 0 Å². The molecule has 0 aromatic heterocycles. The van der Waals surface area contributed by atoms with Gasteiger partial charge in [0.2, 0.25) is 0 Å². The molecule has 1 unspecified atom stereocenters. The molecular formula is C10H24N2. The summed E-state index contributed by atoms with van der Waals surface area (Å²) >= 11 is 0. The summed E-state index contributed by atoms with van der Waals surface area (Å²) in [7, 11) is 4.29. The van der Waals surface area contributed by atoms with E-state index in [0.717, 1.165) is 13.0 Å². The van der Waals surface area contributed by atoms with Gasteiger partial charge in [-0.2, -0.15) is 0 Å². The molecule has 0 saturated carbocycles. The van der Waals surface area contributed by atoms with Crippen LogP contribution in [-0.4, -0.2) is 31.6 Å². The first-order chi connectivity index (χ1) is 5.72. The van der Waals surface area contributed by atoms with Crippen molar-refractivity contribution in [3.8, 4) is 0 Å². The van der Waals surface area contributed by atoms with Gasteiger partial charge in [0.05, 0.1) is 0 Å². The van der Waals surface area contributed by atoms with Gasteiger partial charge in [-0.1, -0.05) is 26.2 Å². The highest BCUT2D eigenvalue weighted by Gasteiger charge is 2.08. The summed E-state index contributed by atoms with van der Waals surface area (Å²) in [5, 5.41) is 0. The summed E-state index contributed by atoms with van der Waals surface area (Å²) in [5.41, 5.74) is 5.54. The molecular weight excluding hydrogens is 148 g/mol. The van der Waals surface area contributed by atoms with E-state index in [4.69, 9.17) is 5.73 Å². The van der Waals surface area contributed by atoms with Crippen LogP contribution in [0.25, 0.3) is 0 Å². The van der Waals surface area contributed by atoms with Crippen molar-refractivity contribution >= 4 is 0 Å². The van der Waals surface area contributed by atoms with Crippen LogP contribution in [0.15, 0.2) is 0 Å². The van der Waals surface area contributed by atoms with Crippen LogP contribution in [-0.2, 0) is 0 Å². The van der Waals surface area contributed by atoms with E-state index in [0.29, 0.717) is 6.04 Å². The molecule has 0 heterocycles. The topological polar surface area (TPSA) is 29.3 Å². The minimum Gasteiger partial charge on any atom is -0.330 e. The van der Waals surface area contributed by atoms with Crippen molar-refractivity contribution in [3.63, 3.8) is 0 Å². The molecule has 0 radical (unpaired) electrons. The lowest BCUT2D eigenvalue weighted by Gasteiger charge is -2.23. The molecule has 2 nitrogen and oxygen atoms in total. The second-order valence-corrected chi connectivity index (χ2v) is 3.69. The van der Waals surface area contributed by atoms with Gasteiger partial charge in [0, 0.05) is 6.04 Å². The summed E-state index contributed by atoms with van der Waals surface area (Å²) < 4.78 is 0. The molecule has 0 saturated heterocycles. The fraction of sp³-hybridized carbons (Fsp3) is 1.00. The predicted molar refractivity (Wildman–Crippen MR) is 55.3 cm³/mol. The number of hydrogen-bond acceptors (Lipinski definition) is 2. The largest absolute Gasteiger partial charge is 0.330 e. The first-order valence-electron chi connectivity index (χ1n) is 5.08. The highest BCUT2D eigenvalue weighted by Crippen LogP contribution is 2.09. The Morgan fingerprint density at radius 2 is 1.83 bits per heavy atom. The molecule has 2 heteroatoms. The molecule has 0 aliphatic carbocycles. The van der Waals surface area contributed by atoms with Gasteiger partial charge in [-0.3, -0.25) is 0 Å². The fourth-order valence-corrected chi connectivity index (χ4v) is 1.48. The Morgan fingerprint density at radius 3 is 2.25 bits per heavy atom. The molecule has 0 amide bonds. The molecule has 0 fully saturated rings. The van der Waals surface area contributed by atoms with Crippen molar-refractivity contribution in [3.05, 3.63) is 0 Å². The van der Waals surface area contributed by atoms with Crippen molar-refractivity contribution in [1.29, 1.82) is 0 Å². The van der Waals surface area contributed by atoms with Crippen molar-refractivity contribution in [2.75, 3.05) is 20.6 Å². The van der Waals surface area contributed by atoms with Gasteiger partial charge < -0.3 is 10.6 Å². The summed E-state index contributed by atoms with van der Waals surface area (Å²) in [6, 6.07) is 0.696. The van der Waals surface area contributed by atoms with Gasteiger partial charge in [0.15, 0.2) is 0 Å². The first-order valence-corrected chi connectivity index (χ1v) is 5.08. The lowest BCUT2D eigenvalue weighted by Crippen LogP contribution is -2.30. The van der Waals surface area contributed by atoms with Gasteiger partial charge in [0.25, 0.3) is 0 Å². The SMILES string of the molecule is CCCCCC(CCN)N(C)C. The van der Waals surface area contributed by atoms with E-state index in [1.54, 1.807) is 0 Å². The van der Waals surface area contributed by atoms with Crippen molar-refractivity contribution in [2.45, 2.75) is 45.1 Å². The summed E-state index contributed by atoms with van der Waals surface area (Å²) in [6.45, 7) is 3.06. The van der Waals surface area contributed by atoms with Crippen LogP contribution < -0.4 is 5.73 Å². The van der Waals surface area contributed by atoms with Crippen molar-refractivity contribution in [2.24, 2.45) is 5.73 Å². The Balaban J connectivity index is 3.49. The Hall–Kier alpha value is -0.0800. The molecule has 0 spiro atoms. The Morgan fingerprint density at radius 1 is 1.17 bits per heavy atom. The standard InChI is InChI=1S/C10H24N2/c1-4-5-6-7-10(8-9-11)12(2)3/h10H,4-9,11H2,1-3H3. The minimum absolute atomic E-state index is 0.696. The zero-order valence-electron chi connectivity index (χ0n) is 8.84. The molecule has 0 aromatic rings. The lowest BCUT2D eigenvalue weighted by molar-refractivity contribution is 0.261. The van der Waals surface area contributed by atoms with Crippen LogP contribution in [0.4, 0.5) is 0 Å². The average Bonchev–Trinajstić information content (AvgIpc) is 2.03. The number of unbranched alkanes of at least 4 members (excludes halogenated alkanes) is 2. The van der Waals surface area contributed by atoms with E-state index < -0.39 is 0 Å². The molecule has 0 aliphatic rings. The maximum Gasteiger partial charge on any atom is 0.0101 e. The highest BCUT2D eigenvalue weighted by molar-refractivity contribution is 4.66. The van der Waals surface area contributed by atoms with E-state index >= 15 is 0 Å². The highest BCUT2D eigenvalue weighted by atomic mass is 15.1. The van der Waals surface area contributed by atoms with E-state index in [1.165, 1.54) is 25.7 Å². The fourth-order valence-electron chi connectivity index (χ4n) is 1.48. The Bertz CT molecular complexity index is 91.8. The minimum atomic E-state index is 0.696. The molecule has 1 atom stereocenters. The van der Waals surface area contributed by atoms with Crippen LogP contribution in [0.5, 0.6) is 0 Å². The van der Waals surface area contributed by atoms with Crippen molar-refractivity contribution in [1.82, 2.24) is 4.90 Å². The lowest BCUT2D eigenvalue weighted by atomic mass is 10.0. The van der Waals surface area contributed by atoms with Gasteiger partial charge in [-0.05, 0) is 33.5 Å². The van der Waals surface area contributed by atoms with Gasteiger partial charge in [-0.25, -0.2) is 0 Å². The van der Waals surface area contributed by atoms with E-state index in [1.807, 2.05) is 0 Å². The monoisotopic (exact) mass is 172 g/mol. The van der Waals surface area contributed by atoms with E-state index in [-0.39, 0.29) is 0 Å². The maximum absolute atomic E-state index is 5.54. The normalized spacial score (nSPS) is 13.8. The molecule has 0 aromatic carbocycles. The second kappa shape index (κ2) is 7.56. The zero-order valence-corrected chi connectivity index (χ0v) is 8.84. The van der Waals surface area contributed by atoms with Gasteiger partial charge in [0.1, 0.15) is 0 Å². The van der Waals surface area contributed by atoms with Gasteiger partial charge >= 0.3 is 0 Å². The summed E-state index contributed by atoms with van der Waals surface area (Å²) in [4.78, 5) is 2.29. The molecule has 12 heavy (non-hydrogen) atoms. The third kappa shape index (κ3) is 5.56. The van der Waals surface area contributed by atoms with Crippen LogP contribution in [0.1, 0.15) is 39.0 Å². The number of rotatable bonds is 7. The van der Waals surface area contributed by atoms with Crippen LogP contribution in [0.2, 0.25) is 0 Å².